The molecule has 23 heavy (non-hydrogen) atoms. The molecule has 0 radical (unpaired) electrons. The van der Waals surface area contributed by atoms with E-state index in [2.05, 4.69) is 55.8 Å². The largest absolute Gasteiger partial charge is 0.330 e. The van der Waals surface area contributed by atoms with E-state index in [0.29, 0.717) is 0 Å². The van der Waals surface area contributed by atoms with E-state index < -0.39 is 0 Å². The van der Waals surface area contributed by atoms with Crippen molar-refractivity contribution in [3.05, 3.63) is 18.7 Å². The van der Waals surface area contributed by atoms with Crippen molar-refractivity contribution >= 4 is 0 Å². The highest BCUT2D eigenvalue weighted by atomic mass is 15.5. The van der Waals surface area contributed by atoms with Crippen molar-refractivity contribution in [2.24, 2.45) is 5.73 Å². The first-order chi connectivity index (χ1) is 10.9. The van der Waals surface area contributed by atoms with E-state index in [1.165, 1.54) is 48.1 Å². The highest BCUT2D eigenvalue weighted by Crippen LogP contribution is 2.19. The van der Waals surface area contributed by atoms with E-state index in [1.54, 1.807) is 0 Å². The molecule has 0 aliphatic carbocycles. The van der Waals surface area contributed by atoms with Gasteiger partial charge >= 0.3 is 0 Å². The SMILES string of the molecule is CC(C)[N+]1(C)CC[N+](C)(CCC[n+]2ccn(CCCN)c2)CC1. The summed E-state index contributed by atoms with van der Waals surface area (Å²) in [6.45, 7) is 14.2. The van der Waals surface area contributed by atoms with Gasteiger partial charge in [0.05, 0.1) is 39.8 Å². The molecule has 2 heterocycles. The van der Waals surface area contributed by atoms with Crippen molar-refractivity contribution in [3.63, 3.8) is 0 Å². The van der Waals surface area contributed by atoms with Crippen LogP contribution < -0.4 is 10.3 Å². The van der Waals surface area contributed by atoms with E-state index in [-0.39, 0.29) is 0 Å². The molecule has 1 aliphatic heterocycles. The van der Waals surface area contributed by atoms with E-state index >= 15 is 0 Å². The Bertz CT molecular complexity index is 472. The van der Waals surface area contributed by atoms with Crippen molar-refractivity contribution in [2.75, 3.05) is 53.4 Å². The van der Waals surface area contributed by atoms with E-state index in [1.807, 2.05) is 0 Å². The molecule has 0 unspecified atom stereocenters. The lowest BCUT2D eigenvalue weighted by atomic mass is 10.1. The third-order valence-corrected chi connectivity index (χ3v) is 6.03. The summed E-state index contributed by atoms with van der Waals surface area (Å²) in [5.41, 5.74) is 5.57. The fourth-order valence-corrected chi connectivity index (χ4v) is 3.52. The number of piperazine rings is 1. The molecule has 132 valence electrons. The maximum Gasteiger partial charge on any atom is 0.243 e. The highest BCUT2D eigenvalue weighted by molar-refractivity contribution is 4.66. The first-order valence-corrected chi connectivity index (χ1v) is 9.30. The van der Waals surface area contributed by atoms with Crippen molar-refractivity contribution in [1.82, 2.24) is 4.57 Å². The van der Waals surface area contributed by atoms with Gasteiger partial charge in [0, 0.05) is 6.42 Å². The lowest BCUT2D eigenvalue weighted by Gasteiger charge is -2.48. The summed E-state index contributed by atoms with van der Waals surface area (Å²) in [6.07, 6.45) is 8.89. The Kier molecular flexibility index (Phi) is 6.23. The first kappa shape index (κ1) is 18.4. The molecule has 2 N–H and O–H groups in total. The minimum atomic E-state index is 0.743. The average molecular weight is 325 g/mol. The van der Waals surface area contributed by atoms with Crippen molar-refractivity contribution in [2.45, 2.75) is 45.8 Å². The monoisotopic (exact) mass is 324 g/mol. The van der Waals surface area contributed by atoms with Gasteiger partial charge in [-0.3, -0.25) is 0 Å². The van der Waals surface area contributed by atoms with Crippen LogP contribution in [0.1, 0.15) is 26.7 Å². The number of nitrogens with two attached hydrogens (primary N) is 1. The second-order valence-electron chi connectivity index (χ2n) is 8.20. The van der Waals surface area contributed by atoms with Gasteiger partial charge in [-0.2, -0.15) is 0 Å². The van der Waals surface area contributed by atoms with Gasteiger partial charge in [0.2, 0.25) is 6.33 Å². The number of aromatic nitrogens is 2. The fourth-order valence-electron chi connectivity index (χ4n) is 3.52. The maximum absolute atomic E-state index is 5.57. The molecular formula is C18H38N5+3. The molecule has 2 rings (SSSR count). The quantitative estimate of drug-likeness (QED) is 0.558. The second-order valence-corrected chi connectivity index (χ2v) is 8.20. The molecule has 0 amide bonds. The zero-order valence-corrected chi connectivity index (χ0v) is 15.7. The Morgan fingerprint density at radius 1 is 1.13 bits per heavy atom. The lowest BCUT2D eigenvalue weighted by molar-refractivity contribution is -1.02. The van der Waals surface area contributed by atoms with Crippen molar-refractivity contribution in [1.29, 1.82) is 0 Å². The molecular weight excluding hydrogens is 286 g/mol. The van der Waals surface area contributed by atoms with Crippen LogP contribution in [0, 0.1) is 0 Å². The van der Waals surface area contributed by atoms with Gasteiger partial charge in [-0.05, 0) is 26.8 Å². The van der Waals surface area contributed by atoms with Crippen LogP contribution in [0.4, 0.5) is 0 Å². The summed E-state index contributed by atoms with van der Waals surface area (Å²) in [5, 5.41) is 0. The number of quaternary nitrogens is 2. The molecule has 0 bridgehead atoms. The van der Waals surface area contributed by atoms with E-state index in [9.17, 15) is 0 Å². The van der Waals surface area contributed by atoms with Crippen LogP contribution in [0.2, 0.25) is 0 Å². The summed E-state index contributed by atoms with van der Waals surface area (Å²) in [4.78, 5) is 0. The van der Waals surface area contributed by atoms with Crippen LogP contribution in [-0.4, -0.2) is 72.9 Å². The third-order valence-electron chi connectivity index (χ3n) is 6.03. The normalized spacial score (nSPS) is 28.4. The molecule has 1 aromatic rings. The number of aryl methyl sites for hydroxylation is 2. The highest BCUT2D eigenvalue weighted by Gasteiger charge is 2.38. The number of hydrogen-bond acceptors (Lipinski definition) is 1. The minimum absolute atomic E-state index is 0.743. The summed E-state index contributed by atoms with van der Waals surface area (Å²) in [5.74, 6) is 0. The van der Waals surface area contributed by atoms with E-state index in [0.717, 1.165) is 32.1 Å². The maximum atomic E-state index is 5.57. The standard InChI is InChI=1S/C18H38N5/c1-18(2)23(4)15-13-22(3,14-16-23)12-6-9-21-11-10-20(17-21)8-5-7-19/h10-11,17-18H,5-9,12-16,19H2,1-4H3/q+3. The van der Waals surface area contributed by atoms with Crippen LogP contribution in [0.3, 0.4) is 0 Å². The molecule has 1 saturated heterocycles. The molecule has 5 nitrogen and oxygen atoms in total. The molecule has 0 aromatic carbocycles. The smallest absolute Gasteiger partial charge is 0.243 e. The van der Waals surface area contributed by atoms with Crippen LogP contribution in [-0.2, 0) is 13.1 Å². The summed E-state index contributed by atoms with van der Waals surface area (Å²) < 4.78 is 7.05. The molecule has 1 aromatic heterocycles. The molecule has 0 spiro atoms. The Hall–Kier alpha value is -0.910. The Morgan fingerprint density at radius 3 is 2.43 bits per heavy atom. The van der Waals surface area contributed by atoms with Crippen LogP contribution >= 0.6 is 0 Å². The van der Waals surface area contributed by atoms with Gasteiger partial charge in [-0.1, -0.05) is 0 Å². The zero-order valence-electron chi connectivity index (χ0n) is 15.7. The fraction of sp³-hybridized carbons (Fsp3) is 0.833. The van der Waals surface area contributed by atoms with Crippen molar-refractivity contribution < 1.29 is 13.5 Å². The second kappa shape index (κ2) is 7.77. The molecule has 1 fully saturated rings. The third kappa shape index (κ3) is 5.03. The minimum Gasteiger partial charge on any atom is -0.330 e. The van der Waals surface area contributed by atoms with Crippen LogP contribution in [0.5, 0.6) is 0 Å². The van der Waals surface area contributed by atoms with E-state index in [4.69, 9.17) is 5.73 Å². The summed E-state index contributed by atoms with van der Waals surface area (Å²) in [7, 11) is 4.87. The molecule has 1 aliphatic rings. The van der Waals surface area contributed by atoms with Crippen LogP contribution in [0.15, 0.2) is 18.7 Å². The van der Waals surface area contributed by atoms with Gasteiger partial charge < -0.3 is 14.7 Å². The number of imidazole rings is 1. The topological polar surface area (TPSA) is 34.8 Å². The number of nitrogens with zero attached hydrogens (tertiary/aromatic N) is 4. The molecule has 5 heteroatoms. The predicted octanol–water partition coefficient (Wildman–Crippen LogP) is 0.830. The Morgan fingerprint density at radius 2 is 1.83 bits per heavy atom. The van der Waals surface area contributed by atoms with Gasteiger partial charge in [-0.15, -0.1) is 0 Å². The number of hydrogen-bond donors (Lipinski definition) is 1. The summed E-state index contributed by atoms with van der Waals surface area (Å²) in [6, 6.07) is 0.743. The predicted molar refractivity (Wildman–Crippen MR) is 94.8 cm³/mol. The first-order valence-electron chi connectivity index (χ1n) is 9.30. The zero-order chi connectivity index (χ0) is 16.9. The molecule has 0 atom stereocenters. The lowest BCUT2D eigenvalue weighted by Crippen LogP contribution is -2.66. The number of rotatable bonds is 8. The number of likely N-dealkylation sites (N-methyl/N-ethyl adjacent to an activating group) is 2. The van der Waals surface area contributed by atoms with Crippen LogP contribution in [0.25, 0.3) is 0 Å². The average Bonchev–Trinajstić information content (AvgIpc) is 2.96. The molecule has 0 saturated carbocycles. The van der Waals surface area contributed by atoms with Gasteiger partial charge in [0.15, 0.2) is 0 Å². The Labute approximate surface area is 142 Å². The van der Waals surface area contributed by atoms with Gasteiger partial charge in [0.1, 0.15) is 38.6 Å². The Balaban J connectivity index is 1.75. The summed E-state index contributed by atoms with van der Waals surface area (Å²) >= 11 is 0. The van der Waals surface area contributed by atoms with Gasteiger partial charge in [0.25, 0.3) is 0 Å². The van der Waals surface area contributed by atoms with Gasteiger partial charge in [-0.25, -0.2) is 9.13 Å². The van der Waals surface area contributed by atoms with Crippen molar-refractivity contribution in [3.8, 4) is 0 Å².